The lowest BCUT2D eigenvalue weighted by atomic mass is 10.0. The minimum Gasteiger partial charge on any atom is -0.480 e. The number of rotatable bonds is 27. The molecule has 1 saturated heterocycles. The van der Waals surface area contributed by atoms with E-state index in [-0.39, 0.29) is 45.1 Å². The number of aliphatic carboxylic acids is 1. The minimum absolute atomic E-state index is 0.0869. The molecule has 6 heterocycles. The normalized spacial score (nSPS) is 15.8. The van der Waals surface area contributed by atoms with Crippen LogP contribution in [0, 0.1) is 0 Å². The van der Waals surface area contributed by atoms with E-state index in [1.54, 1.807) is 6.20 Å². The molecular formula is C47H59N17O9S. The van der Waals surface area contributed by atoms with E-state index in [0.717, 1.165) is 10.9 Å². The van der Waals surface area contributed by atoms with Crippen molar-refractivity contribution in [1.29, 1.82) is 0 Å². The molecule has 5 aromatic heterocycles. The predicted octanol–water partition coefficient (Wildman–Crippen LogP) is -1.73. The average Bonchev–Trinajstić information content (AvgIpc) is 4.25. The summed E-state index contributed by atoms with van der Waals surface area (Å²) < 4.78 is 0. The van der Waals surface area contributed by atoms with Gasteiger partial charge in [0.05, 0.1) is 37.9 Å². The monoisotopic (exact) mass is 1040 g/mol. The Labute approximate surface area is 427 Å². The highest BCUT2D eigenvalue weighted by molar-refractivity contribution is 7.98. The number of hydrogen-bond donors (Lipinski definition) is 13. The van der Waals surface area contributed by atoms with E-state index in [4.69, 9.17) is 5.73 Å². The van der Waals surface area contributed by atoms with Crippen LogP contribution in [-0.4, -0.2) is 170 Å². The van der Waals surface area contributed by atoms with Crippen molar-refractivity contribution in [2.75, 3.05) is 25.1 Å². The van der Waals surface area contributed by atoms with Gasteiger partial charge >= 0.3 is 5.97 Å². The van der Waals surface area contributed by atoms with Crippen LogP contribution in [0.4, 0.5) is 0 Å². The number of nitrogens with zero attached hydrogens (tertiary/aromatic N) is 5. The highest BCUT2D eigenvalue weighted by Gasteiger charge is 2.39. The maximum Gasteiger partial charge on any atom is 0.326 e. The number of nitrogens with two attached hydrogens (primary N) is 1. The number of para-hydroxylation sites is 1. The van der Waals surface area contributed by atoms with Gasteiger partial charge in [-0.1, -0.05) is 18.2 Å². The van der Waals surface area contributed by atoms with Gasteiger partial charge in [0.25, 0.3) is 0 Å². The Morgan fingerprint density at radius 1 is 0.662 bits per heavy atom. The van der Waals surface area contributed by atoms with E-state index < -0.39 is 96.2 Å². The maximum absolute atomic E-state index is 14.8. The predicted molar refractivity (Wildman–Crippen MR) is 267 cm³/mol. The average molecular weight is 1040 g/mol. The van der Waals surface area contributed by atoms with Crippen LogP contribution in [-0.2, 0) is 70.5 Å². The molecule has 6 aromatic rings. The molecule has 0 spiro atoms. The van der Waals surface area contributed by atoms with Crippen LogP contribution in [0.25, 0.3) is 10.9 Å². The third-order valence-electron chi connectivity index (χ3n) is 12.4. The molecule has 1 aromatic carbocycles. The van der Waals surface area contributed by atoms with Crippen molar-refractivity contribution in [2.24, 2.45) is 5.73 Å². The lowest BCUT2D eigenvalue weighted by molar-refractivity contribution is -0.149. The van der Waals surface area contributed by atoms with Crippen molar-refractivity contribution in [1.82, 2.24) is 81.7 Å². The molecule has 0 saturated carbocycles. The van der Waals surface area contributed by atoms with Crippen molar-refractivity contribution in [3.8, 4) is 0 Å². The molecule has 7 unspecified atom stereocenters. The molecule has 0 radical (unpaired) electrons. The number of amides is 7. The minimum atomic E-state index is -1.43. The van der Waals surface area contributed by atoms with Gasteiger partial charge in [0, 0.05) is 103 Å². The van der Waals surface area contributed by atoms with Gasteiger partial charge < -0.3 is 72.6 Å². The summed E-state index contributed by atoms with van der Waals surface area (Å²) in [6.07, 6.45) is 15.4. The van der Waals surface area contributed by atoms with Gasteiger partial charge in [-0.05, 0) is 42.9 Å². The molecule has 0 bridgehead atoms. The number of thioether (sulfide) groups is 1. The SMILES string of the molecule is CSCCC(N)C(=O)NCC(=O)NC(Cc1cnc[nH]1)C(=O)NC(Cc1c[nH]c2ccccc12)C(=O)NC(Cc1cnc[nH]1)C(=O)NC(Cc1cnc[nH]1)C(=O)NC(Cc1cnc[nH]1)C(=O)N1CCCC1C(=O)O. The first-order chi connectivity index (χ1) is 35.8. The van der Waals surface area contributed by atoms with Gasteiger partial charge in [-0.3, -0.25) is 33.6 Å². The fourth-order valence-corrected chi connectivity index (χ4v) is 9.01. The summed E-state index contributed by atoms with van der Waals surface area (Å²) in [6, 6.07) is -1.45. The molecule has 7 atom stereocenters. The number of H-pyrrole nitrogens is 5. The Balaban J connectivity index is 1.14. The van der Waals surface area contributed by atoms with Gasteiger partial charge in [-0.2, -0.15) is 11.8 Å². The molecule has 392 valence electrons. The Morgan fingerprint density at radius 3 is 1.62 bits per heavy atom. The first kappa shape index (κ1) is 53.5. The number of hydrogen-bond acceptors (Lipinski definition) is 14. The van der Waals surface area contributed by atoms with E-state index in [1.165, 1.54) is 66.8 Å². The summed E-state index contributed by atoms with van der Waals surface area (Å²) in [5.41, 5.74) is 9.15. The highest BCUT2D eigenvalue weighted by atomic mass is 32.2. The fourth-order valence-electron chi connectivity index (χ4n) is 8.52. The number of likely N-dealkylation sites (tertiary alicyclic amines) is 1. The molecule has 7 rings (SSSR count). The number of benzene rings is 1. The highest BCUT2D eigenvalue weighted by Crippen LogP contribution is 2.21. The van der Waals surface area contributed by atoms with Crippen LogP contribution in [0.1, 0.15) is 47.6 Å². The van der Waals surface area contributed by atoms with Crippen molar-refractivity contribution < 1.29 is 43.5 Å². The molecule has 1 fully saturated rings. The summed E-state index contributed by atoms with van der Waals surface area (Å²) in [7, 11) is 0. The number of aromatic nitrogens is 9. The number of imidazole rings is 4. The molecule has 74 heavy (non-hydrogen) atoms. The Kier molecular flexibility index (Phi) is 18.7. The zero-order valence-electron chi connectivity index (χ0n) is 40.3. The van der Waals surface area contributed by atoms with Crippen molar-refractivity contribution >= 4 is 70.0 Å². The Bertz CT molecular complexity index is 2820. The molecule has 7 amide bonds. The first-order valence-corrected chi connectivity index (χ1v) is 25.2. The lowest BCUT2D eigenvalue weighted by Gasteiger charge is -2.29. The van der Waals surface area contributed by atoms with E-state index in [2.05, 4.69) is 76.8 Å². The van der Waals surface area contributed by atoms with Crippen LogP contribution in [0.3, 0.4) is 0 Å². The van der Waals surface area contributed by atoms with Gasteiger partial charge in [0.15, 0.2) is 0 Å². The molecule has 26 nitrogen and oxygen atoms in total. The number of carboxylic acids is 1. The number of carbonyl (C=O) groups is 8. The lowest BCUT2D eigenvalue weighted by Crippen LogP contribution is -2.61. The second-order valence-corrected chi connectivity index (χ2v) is 18.7. The van der Waals surface area contributed by atoms with Crippen LogP contribution in [0.15, 0.2) is 80.6 Å². The number of carboxylic acid groups (broad SMARTS) is 1. The van der Waals surface area contributed by atoms with Crippen molar-refractivity contribution in [3.63, 3.8) is 0 Å². The van der Waals surface area contributed by atoms with Crippen LogP contribution >= 0.6 is 11.8 Å². The summed E-state index contributed by atoms with van der Waals surface area (Å²) in [5.74, 6) is -5.70. The summed E-state index contributed by atoms with van der Waals surface area (Å²) in [6.45, 7) is -0.337. The van der Waals surface area contributed by atoms with Gasteiger partial charge in [-0.25, -0.2) is 24.7 Å². The van der Waals surface area contributed by atoms with E-state index in [0.29, 0.717) is 46.9 Å². The van der Waals surface area contributed by atoms with Crippen molar-refractivity contribution in [3.05, 3.63) is 109 Å². The van der Waals surface area contributed by atoms with Gasteiger partial charge in [0.2, 0.25) is 41.4 Å². The maximum atomic E-state index is 14.8. The Morgan fingerprint density at radius 2 is 1.14 bits per heavy atom. The number of fused-ring (bicyclic) bond motifs is 1. The van der Waals surface area contributed by atoms with E-state index >= 15 is 0 Å². The number of carbonyl (C=O) groups excluding carboxylic acids is 7. The summed E-state index contributed by atoms with van der Waals surface area (Å²) in [4.78, 5) is 143. The third kappa shape index (κ3) is 14.6. The largest absolute Gasteiger partial charge is 0.480 e. The smallest absolute Gasteiger partial charge is 0.326 e. The van der Waals surface area contributed by atoms with Crippen LogP contribution in [0.2, 0.25) is 0 Å². The second kappa shape index (κ2) is 25.9. The van der Waals surface area contributed by atoms with Crippen LogP contribution in [0.5, 0.6) is 0 Å². The summed E-state index contributed by atoms with van der Waals surface area (Å²) >= 11 is 1.52. The molecule has 14 N–H and O–H groups in total. The number of aromatic amines is 5. The standard InChI is InChI=1S/C47H59N17O9S/c1-74-10-8-32(48)41(66)54-21-40(65)59-35(12-27-17-49-22-55-27)43(68)60-34(11-26-16-53-33-6-3-2-5-31(26)33)42(67)61-36(13-28-18-50-23-56-28)44(69)62-37(14-29-19-51-24-57-29)45(70)63-38(15-30-20-52-25-58-30)46(71)64-9-4-7-39(64)47(72)73/h2-3,5-6,16-20,22-25,32,34-39,53H,4,7-15,21,48H2,1H3,(H,49,55)(H,50,56)(H,51,57)(H,52,58)(H,54,66)(H,59,65)(H,60,68)(H,61,67)(H,62,69)(H,63,70)(H,72,73). The first-order valence-electron chi connectivity index (χ1n) is 23.8. The topological polar surface area (TPSA) is 389 Å². The van der Waals surface area contributed by atoms with E-state index in [9.17, 15) is 43.5 Å². The Hall–Kier alpha value is -8.33. The third-order valence-corrected chi connectivity index (χ3v) is 13.0. The second-order valence-electron chi connectivity index (χ2n) is 17.7. The van der Waals surface area contributed by atoms with Crippen LogP contribution < -0.4 is 37.6 Å². The van der Waals surface area contributed by atoms with E-state index in [1.807, 2.05) is 30.5 Å². The molecule has 0 aliphatic carbocycles. The molecular weight excluding hydrogens is 979 g/mol. The fraction of sp³-hybridized carbons (Fsp3) is 0.404. The van der Waals surface area contributed by atoms with Crippen molar-refractivity contribution in [2.45, 2.75) is 93.7 Å². The number of nitrogens with one attached hydrogen (secondary N) is 11. The molecule has 1 aliphatic rings. The molecule has 1 aliphatic heterocycles. The molecule has 27 heteroatoms. The van der Waals surface area contributed by atoms with Gasteiger partial charge in [-0.15, -0.1) is 0 Å². The zero-order valence-corrected chi connectivity index (χ0v) is 41.1. The summed E-state index contributed by atoms with van der Waals surface area (Å²) in [5, 5.41) is 26.9. The quantitative estimate of drug-likeness (QED) is 0.0273. The zero-order chi connectivity index (χ0) is 52.6. The van der Waals surface area contributed by atoms with Gasteiger partial charge in [0.1, 0.15) is 36.3 Å².